The molecule has 5 nitrogen and oxygen atoms in total. The molecule has 0 spiro atoms. The molecule has 6 heteroatoms. The molecule has 0 aliphatic rings. The fraction of sp³-hybridized carbons (Fsp3) is 0.167. The van der Waals surface area contributed by atoms with Gasteiger partial charge in [0.05, 0.1) is 5.69 Å². The average molecular weight is 260 g/mol. The maximum absolute atomic E-state index is 5.86. The number of thioether (sulfide) groups is 1. The van der Waals surface area contributed by atoms with Crippen molar-refractivity contribution in [2.45, 2.75) is 12.1 Å². The molecule has 1 aromatic carbocycles. The Labute approximate surface area is 108 Å². The van der Waals surface area contributed by atoms with Crippen LogP contribution in [0.3, 0.4) is 0 Å². The number of hydrogen-bond donors (Lipinski definition) is 1. The number of aromatic amines is 1. The Morgan fingerprint density at radius 3 is 2.72 bits per heavy atom. The third-order valence-electron chi connectivity index (χ3n) is 2.60. The first kappa shape index (κ1) is 11.2. The summed E-state index contributed by atoms with van der Waals surface area (Å²) in [4.78, 5) is 0. The van der Waals surface area contributed by atoms with E-state index in [2.05, 4.69) is 15.3 Å². The number of para-hydroxylation sites is 1. The van der Waals surface area contributed by atoms with Crippen LogP contribution < -0.4 is 4.74 Å². The zero-order valence-electron chi connectivity index (χ0n) is 10.0. The number of rotatable bonds is 3. The standard InChI is InChI=1S/C12H12N4OS/c1-8-10(17-9-6-4-3-5-7-9)11-13-14-12(18-2)16(11)15-8/h3-7,15H,1-2H3. The van der Waals surface area contributed by atoms with Crippen molar-refractivity contribution in [1.29, 1.82) is 0 Å². The van der Waals surface area contributed by atoms with Gasteiger partial charge in [-0.3, -0.25) is 5.10 Å². The third-order valence-corrected chi connectivity index (χ3v) is 3.23. The molecule has 0 aliphatic carbocycles. The largest absolute Gasteiger partial charge is 0.451 e. The molecule has 0 saturated heterocycles. The summed E-state index contributed by atoms with van der Waals surface area (Å²) >= 11 is 1.54. The normalized spacial score (nSPS) is 11.0. The van der Waals surface area contributed by atoms with Crippen LogP contribution in [-0.2, 0) is 0 Å². The van der Waals surface area contributed by atoms with E-state index in [9.17, 15) is 0 Å². The van der Waals surface area contributed by atoms with Gasteiger partial charge in [-0.05, 0) is 25.3 Å². The molecule has 0 atom stereocenters. The van der Waals surface area contributed by atoms with Gasteiger partial charge in [-0.25, -0.2) is 4.52 Å². The summed E-state index contributed by atoms with van der Waals surface area (Å²) in [5.74, 6) is 1.50. The van der Waals surface area contributed by atoms with E-state index in [1.807, 2.05) is 48.0 Å². The second-order valence-corrected chi connectivity index (χ2v) is 4.60. The van der Waals surface area contributed by atoms with Crippen molar-refractivity contribution in [3.8, 4) is 11.5 Å². The van der Waals surface area contributed by atoms with Crippen LogP contribution in [0.1, 0.15) is 5.69 Å². The first-order valence-electron chi connectivity index (χ1n) is 5.50. The van der Waals surface area contributed by atoms with Gasteiger partial charge in [0, 0.05) is 0 Å². The number of fused-ring (bicyclic) bond motifs is 1. The van der Waals surface area contributed by atoms with Crippen LogP contribution in [0.4, 0.5) is 0 Å². The topological polar surface area (TPSA) is 55.2 Å². The Morgan fingerprint density at radius 2 is 2.00 bits per heavy atom. The molecular formula is C12H12N4OS. The molecule has 1 N–H and O–H groups in total. The lowest BCUT2D eigenvalue weighted by Gasteiger charge is -2.02. The van der Waals surface area contributed by atoms with Crippen LogP contribution in [0.2, 0.25) is 0 Å². The molecule has 0 aliphatic heterocycles. The molecular weight excluding hydrogens is 248 g/mol. The summed E-state index contributed by atoms with van der Waals surface area (Å²) in [5.41, 5.74) is 1.64. The molecule has 3 aromatic rings. The minimum Gasteiger partial charge on any atom is -0.451 e. The number of ether oxygens (including phenoxy) is 1. The maximum Gasteiger partial charge on any atom is 0.221 e. The second-order valence-electron chi connectivity index (χ2n) is 3.83. The zero-order valence-corrected chi connectivity index (χ0v) is 10.9. The Morgan fingerprint density at radius 1 is 1.22 bits per heavy atom. The van der Waals surface area contributed by atoms with E-state index < -0.39 is 0 Å². The molecule has 2 aromatic heterocycles. The molecule has 0 unspecified atom stereocenters. The average Bonchev–Trinajstić information content (AvgIpc) is 2.91. The highest BCUT2D eigenvalue weighted by molar-refractivity contribution is 7.98. The quantitative estimate of drug-likeness (QED) is 0.736. The summed E-state index contributed by atoms with van der Waals surface area (Å²) in [6.07, 6.45) is 1.96. The Bertz CT molecular complexity index is 674. The van der Waals surface area contributed by atoms with E-state index in [0.29, 0.717) is 11.4 Å². The number of nitrogens with zero attached hydrogens (tertiary/aromatic N) is 3. The maximum atomic E-state index is 5.86. The van der Waals surface area contributed by atoms with E-state index in [-0.39, 0.29) is 0 Å². The summed E-state index contributed by atoms with van der Waals surface area (Å²) in [7, 11) is 0. The van der Waals surface area contributed by atoms with Gasteiger partial charge in [-0.2, -0.15) is 0 Å². The molecule has 0 amide bonds. The number of hydrogen-bond acceptors (Lipinski definition) is 4. The second kappa shape index (κ2) is 4.38. The molecule has 92 valence electrons. The van der Waals surface area contributed by atoms with Gasteiger partial charge in [0.1, 0.15) is 5.75 Å². The van der Waals surface area contributed by atoms with Crippen molar-refractivity contribution in [2.75, 3.05) is 6.26 Å². The van der Waals surface area contributed by atoms with E-state index in [1.165, 1.54) is 11.8 Å². The minimum atomic E-state index is 0.709. The summed E-state index contributed by atoms with van der Waals surface area (Å²) < 4.78 is 7.69. The number of nitrogens with one attached hydrogen (secondary N) is 1. The number of aromatic nitrogens is 4. The predicted molar refractivity (Wildman–Crippen MR) is 70.4 cm³/mol. The van der Waals surface area contributed by atoms with Gasteiger partial charge in [0.2, 0.25) is 10.8 Å². The molecule has 3 rings (SSSR count). The molecule has 2 heterocycles. The monoisotopic (exact) mass is 260 g/mol. The molecule has 0 saturated carbocycles. The third kappa shape index (κ3) is 1.74. The molecule has 18 heavy (non-hydrogen) atoms. The van der Waals surface area contributed by atoms with E-state index >= 15 is 0 Å². The van der Waals surface area contributed by atoms with Crippen molar-refractivity contribution in [1.82, 2.24) is 19.8 Å². The van der Waals surface area contributed by atoms with Gasteiger partial charge in [-0.1, -0.05) is 30.0 Å². The summed E-state index contributed by atoms with van der Waals surface area (Å²) in [6, 6.07) is 9.65. The van der Waals surface area contributed by atoms with Crippen LogP contribution in [-0.4, -0.2) is 26.1 Å². The van der Waals surface area contributed by atoms with Gasteiger partial charge >= 0.3 is 0 Å². The van der Waals surface area contributed by atoms with Crippen molar-refractivity contribution >= 4 is 17.4 Å². The van der Waals surface area contributed by atoms with Crippen molar-refractivity contribution in [3.63, 3.8) is 0 Å². The molecule has 0 radical (unpaired) electrons. The van der Waals surface area contributed by atoms with E-state index in [4.69, 9.17) is 4.74 Å². The number of H-pyrrole nitrogens is 1. The first-order valence-corrected chi connectivity index (χ1v) is 6.72. The van der Waals surface area contributed by atoms with Crippen LogP contribution in [0, 0.1) is 6.92 Å². The van der Waals surface area contributed by atoms with Crippen LogP contribution in [0.15, 0.2) is 35.5 Å². The first-order chi connectivity index (χ1) is 8.79. The molecule has 0 bridgehead atoms. The zero-order chi connectivity index (χ0) is 12.5. The predicted octanol–water partition coefficient (Wildman–Crippen LogP) is 2.88. The van der Waals surface area contributed by atoms with E-state index in [0.717, 1.165) is 16.6 Å². The summed E-state index contributed by atoms with van der Waals surface area (Å²) in [6.45, 7) is 1.96. The lowest BCUT2D eigenvalue weighted by Crippen LogP contribution is -1.86. The van der Waals surface area contributed by atoms with Gasteiger partial charge < -0.3 is 4.74 Å². The fourth-order valence-corrected chi connectivity index (χ4v) is 2.20. The van der Waals surface area contributed by atoms with Crippen LogP contribution in [0.5, 0.6) is 11.5 Å². The summed E-state index contributed by atoms with van der Waals surface area (Å²) in [5, 5.41) is 12.2. The minimum absolute atomic E-state index is 0.709. The Hall–Kier alpha value is -1.95. The lowest BCUT2D eigenvalue weighted by molar-refractivity contribution is 0.483. The highest BCUT2D eigenvalue weighted by Crippen LogP contribution is 2.29. The van der Waals surface area contributed by atoms with Crippen LogP contribution in [0.25, 0.3) is 5.65 Å². The smallest absolute Gasteiger partial charge is 0.221 e. The number of benzene rings is 1. The highest BCUT2D eigenvalue weighted by atomic mass is 32.2. The van der Waals surface area contributed by atoms with E-state index in [1.54, 1.807) is 0 Å². The lowest BCUT2D eigenvalue weighted by atomic mass is 10.3. The Balaban J connectivity index is 2.06. The van der Waals surface area contributed by atoms with Crippen molar-refractivity contribution in [2.24, 2.45) is 0 Å². The van der Waals surface area contributed by atoms with Gasteiger partial charge in [0.15, 0.2) is 5.75 Å². The highest BCUT2D eigenvalue weighted by Gasteiger charge is 2.16. The number of aryl methyl sites for hydroxylation is 1. The van der Waals surface area contributed by atoms with Crippen LogP contribution >= 0.6 is 11.8 Å². The Kier molecular flexibility index (Phi) is 2.71. The SMILES string of the molecule is CSc1nnc2c(Oc3ccccc3)c(C)[nH]n12. The van der Waals surface area contributed by atoms with Gasteiger partial charge in [-0.15, -0.1) is 10.2 Å². The molecule has 0 fully saturated rings. The van der Waals surface area contributed by atoms with Crippen molar-refractivity contribution in [3.05, 3.63) is 36.0 Å². The van der Waals surface area contributed by atoms with Crippen molar-refractivity contribution < 1.29 is 4.74 Å². The fourth-order valence-electron chi connectivity index (χ4n) is 1.76. The van der Waals surface area contributed by atoms with Gasteiger partial charge in [0.25, 0.3) is 0 Å².